The molecule has 0 bridgehead atoms. The lowest BCUT2D eigenvalue weighted by molar-refractivity contribution is -0.116. The van der Waals surface area contributed by atoms with Crippen molar-refractivity contribution in [2.45, 2.75) is 0 Å². The number of rotatable bonds is 7. The molecule has 0 unspecified atom stereocenters. The van der Waals surface area contributed by atoms with Crippen molar-refractivity contribution in [1.82, 2.24) is 4.90 Å². The second-order valence-electron chi connectivity index (χ2n) is 5.61. The van der Waals surface area contributed by atoms with Crippen LogP contribution in [0.5, 0.6) is 5.75 Å². The zero-order valence-corrected chi connectivity index (χ0v) is 14.7. The van der Waals surface area contributed by atoms with Crippen LogP contribution in [-0.2, 0) is 4.79 Å². The predicted molar refractivity (Wildman–Crippen MR) is 99.1 cm³/mol. The van der Waals surface area contributed by atoms with Gasteiger partial charge in [-0.2, -0.15) is 5.26 Å². The Morgan fingerprint density at radius 2 is 1.81 bits per heavy atom. The fourth-order valence-electron chi connectivity index (χ4n) is 2.27. The fraction of sp³-hybridized carbons (Fsp3) is 0.211. The Bertz CT molecular complexity index is 812. The van der Waals surface area contributed by atoms with Crippen LogP contribution in [0, 0.1) is 11.3 Å². The maximum atomic E-state index is 12.3. The average Bonchev–Trinajstić information content (AvgIpc) is 2.62. The number of hydrogen-bond donors (Lipinski definition) is 2. The Morgan fingerprint density at radius 3 is 2.46 bits per heavy atom. The number of benzene rings is 2. The van der Waals surface area contributed by atoms with Crippen molar-refractivity contribution in [3.8, 4) is 11.8 Å². The molecule has 0 fully saturated rings. The highest BCUT2D eigenvalue weighted by molar-refractivity contribution is 6.05. The molecule has 0 aliphatic carbocycles. The minimum Gasteiger partial charge on any atom is -0.495 e. The summed E-state index contributed by atoms with van der Waals surface area (Å²) < 4.78 is 5.21. The van der Waals surface area contributed by atoms with Crippen LogP contribution >= 0.6 is 0 Å². The average molecular weight is 352 g/mol. The highest BCUT2D eigenvalue weighted by Crippen LogP contribution is 2.23. The molecule has 0 aliphatic rings. The number of ether oxygens (including phenoxy) is 1. The summed E-state index contributed by atoms with van der Waals surface area (Å²) in [6.07, 6.45) is 0. The number of anilines is 2. The van der Waals surface area contributed by atoms with Crippen molar-refractivity contribution in [2.75, 3.05) is 37.9 Å². The quantitative estimate of drug-likeness (QED) is 0.746. The molecule has 0 atom stereocenters. The van der Waals surface area contributed by atoms with Crippen LogP contribution in [-0.4, -0.2) is 44.0 Å². The van der Waals surface area contributed by atoms with E-state index in [1.54, 1.807) is 54.4 Å². The van der Waals surface area contributed by atoms with Gasteiger partial charge in [-0.15, -0.1) is 0 Å². The van der Waals surface area contributed by atoms with Crippen LogP contribution in [0.3, 0.4) is 0 Å². The first kappa shape index (κ1) is 19.0. The highest BCUT2D eigenvalue weighted by atomic mass is 16.5. The first-order valence-electron chi connectivity index (χ1n) is 7.93. The summed E-state index contributed by atoms with van der Waals surface area (Å²) in [5.41, 5.74) is 1.61. The van der Waals surface area contributed by atoms with Gasteiger partial charge in [0.1, 0.15) is 5.75 Å². The number of amides is 2. The van der Waals surface area contributed by atoms with E-state index in [-0.39, 0.29) is 24.9 Å². The number of hydrogen-bond acceptors (Lipinski definition) is 5. The zero-order chi connectivity index (χ0) is 18.9. The van der Waals surface area contributed by atoms with E-state index in [4.69, 9.17) is 10.00 Å². The molecule has 2 N–H and O–H groups in total. The van der Waals surface area contributed by atoms with Gasteiger partial charge in [-0.3, -0.25) is 14.5 Å². The first-order chi connectivity index (χ1) is 12.5. The third-order valence-corrected chi connectivity index (χ3v) is 3.54. The number of nitrogens with one attached hydrogen (secondary N) is 2. The Labute approximate surface area is 152 Å². The number of likely N-dealkylation sites (N-methyl/N-ethyl adjacent to an activating group) is 1. The molecule has 0 saturated heterocycles. The molecule has 134 valence electrons. The third-order valence-electron chi connectivity index (χ3n) is 3.54. The standard InChI is InChI=1S/C19H20N4O3/c1-23(12-11-20)13-18(24)21-15-9-7-14(8-10-15)19(25)22-16-5-3-4-6-17(16)26-2/h3-10H,12-13H2,1-2H3,(H,21,24)(H,22,25). The Morgan fingerprint density at radius 1 is 1.12 bits per heavy atom. The number of para-hydroxylation sites is 2. The largest absolute Gasteiger partial charge is 0.495 e. The van der Waals surface area contributed by atoms with Gasteiger partial charge in [0, 0.05) is 11.3 Å². The lowest BCUT2D eigenvalue weighted by atomic mass is 10.2. The molecule has 7 heteroatoms. The van der Waals surface area contributed by atoms with Crippen LogP contribution in [0.25, 0.3) is 0 Å². The molecule has 2 rings (SSSR count). The second-order valence-corrected chi connectivity index (χ2v) is 5.61. The van der Waals surface area contributed by atoms with E-state index in [0.717, 1.165) is 0 Å². The molecule has 7 nitrogen and oxygen atoms in total. The lowest BCUT2D eigenvalue weighted by Crippen LogP contribution is -2.30. The van der Waals surface area contributed by atoms with E-state index < -0.39 is 0 Å². The highest BCUT2D eigenvalue weighted by Gasteiger charge is 2.10. The Hall–Kier alpha value is -3.37. The van der Waals surface area contributed by atoms with Gasteiger partial charge in [0.2, 0.25) is 5.91 Å². The second kappa shape index (κ2) is 9.20. The molecule has 0 aromatic heterocycles. The first-order valence-corrected chi connectivity index (χ1v) is 7.93. The van der Waals surface area contributed by atoms with Gasteiger partial charge in [-0.05, 0) is 43.4 Å². The number of nitrogens with zero attached hydrogens (tertiary/aromatic N) is 2. The van der Waals surface area contributed by atoms with Crippen molar-refractivity contribution in [2.24, 2.45) is 0 Å². The van der Waals surface area contributed by atoms with Crippen LogP contribution in [0.1, 0.15) is 10.4 Å². The Balaban J connectivity index is 1.97. The van der Waals surface area contributed by atoms with Gasteiger partial charge in [-0.25, -0.2) is 0 Å². The van der Waals surface area contributed by atoms with Crippen LogP contribution in [0.15, 0.2) is 48.5 Å². The monoisotopic (exact) mass is 352 g/mol. The van der Waals surface area contributed by atoms with Gasteiger partial charge in [0.05, 0.1) is 32.0 Å². The molecule has 0 heterocycles. The molecular formula is C19H20N4O3. The molecular weight excluding hydrogens is 332 g/mol. The molecule has 0 radical (unpaired) electrons. The third kappa shape index (κ3) is 5.33. The number of carbonyl (C=O) groups is 2. The maximum Gasteiger partial charge on any atom is 0.255 e. The predicted octanol–water partition coefficient (Wildman–Crippen LogP) is 2.34. The van der Waals surface area contributed by atoms with E-state index in [0.29, 0.717) is 22.7 Å². The summed E-state index contributed by atoms with van der Waals surface area (Å²) in [5.74, 6) is 0.0707. The van der Waals surface area contributed by atoms with Gasteiger partial charge in [0.15, 0.2) is 0 Å². The van der Waals surface area contributed by atoms with Crippen molar-refractivity contribution in [1.29, 1.82) is 5.26 Å². The van der Waals surface area contributed by atoms with Crippen molar-refractivity contribution < 1.29 is 14.3 Å². The number of methoxy groups -OCH3 is 1. The number of carbonyl (C=O) groups excluding carboxylic acids is 2. The number of nitriles is 1. The maximum absolute atomic E-state index is 12.3. The minimum absolute atomic E-state index is 0.115. The Kier molecular flexibility index (Phi) is 6.71. The van der Waals surface area contributed by atoms with E-state index in [1.807, 2.05) is 12.1 Å². The molecule has 2 aromatic carbocycles. The van der Waals surface area contributed by atoms with E-state index in [1.165, 1.54) is 7.11 Å². The van der Waals surface area contributed by atoms with E-state index >= 15 is 0 Å². The van der Waals surface area contributed by atoms with E-state index in [2.05, 4.69) is 10.6 Å². The van der Waals surface area contributed by atoms with Crippen molar-refractivity contribution in [3.63, 3.8) is 0 Å². The van der Waals surface area contributed by atoms with Crippen LogP contribution in [0.4, 0.5) is 11.4 Å². The summed E-state index contributed by atoms with van der Waals surface area (Å²) in [6.45, 7) is 0.291. The summed E-state index contributed by atoms with van der Waals surface area (Å²) in [5, 5.41) is 14.1. The normalized spacial score (nSPS) is 10.1. The summed E-state index contributed by atoms with van der Waals surface area (Å²) >= 11 is 0. The molecule has 0 aliphatic heterocycles. The van der Waals surface area contributed by atoms with Gasteiger partial charge in [-0.1, -0.05) is 12.1 Å². The summed E-state index contributed by atoms with van der Waals surface area (Å²) in [6, 6.07) is 15.7. The van der Waals surface area contributed by atoms with E-state index in [9.17, 15) is 9.59 Å². The minimum atomic E-state index is -0.277. The molecule has 0 spiro atoms. The van der Waals surface area contributed by atoms with Crippen LogP contribution in [0.2, 0.25) is 0 Å². The van der Waals surface area contributed by atoms with Crippen LogP contribution < -0.4 is 15.4 Å². The van der Waals surface area contributed by atoms with Crippen molar-refractivity contribution in [3.05, 3.63) is 54.1 Å². The molecule has 2 amide bonds. The molecule has 26 heavy (non-hydrogen) atoms. The van der Waals surface area contributed by atoms with Gasteiger partial charge in [0.25, 0.3) is 5.91 Å². The summed E-state index contributed by atoms with van der Waals surface area (Å²) in [4.78, 5) is 25.8. The summed E-state index contributed by atoms with van der Waals surface area (Å²) in [7, 11) is 3.23. The lowest BCUT2D eigenvalue weighted by Gasteiger charge is -2.13. The van der Waals surface area contributed by atoms with Gasteiger partial charge >= 0.3 is 0 Å². The molecule has 2 aromatic rings. The topological polar surface area (TPSA) is 94.5 Å². The smallest absolute Gasteiger partial charge is 0.255 e. The van der Waals surface area contributed by atoms with Gasteiger partial charge < -0.3 is 15.4 Å². The SMILES string of the molecule is COc1ccccc1NC(=O)c1ccc(NC(=O)CN(C)CC#N)cc1. The van der Waals surface area contributed by atoms with Crippen molar-refractivity contribution >= 4 is 23.2 Å². The molecule has 0 saturated carbocycles. The zero-order valence-electron chi connectivity index (χ0n) is 14.7. The fourth-order valence-corrected chi connectivity index (χ4v) is 2.27.